The normalized spacial score (nSPS) is 16.5. The van der Waals surface area contributed by atoms with Gasteiger partial charge in [-0.3, -0.25) is 4.79 Å². The molecule has 3 aromatic rings. The molecule has 150 valence electrons. The van der Waals surface area contributed by atoms with Crippen LogP contribution in [-0.2, 0) is 17.8 Å². The van der Waals surface area contributed by atoms with Crippen molar-refractivity contribution in [3.05, 3.63) is 59.4 Å². The molecule has 0 atom stereocenters. The van der Waals surface area contributed by atoms with Gasteiger partial charge in [-0.1, -0.05) is 12.1 Å². The molecule has 3 heterocycles. The van der Waals surface area contributed by atoms with Crippen LogP contribution >= 0.6 is 0 Å². The Bertz CT molecular complexity index is 1050. The zero-order chi connectivity index (χ0) is 19.8. The molecule has 1 amide bonds. The number of ether oxygens (including phenoxy) is 2. The van der Waals surface area contributed by atoms with E-state index < -0.39 is 0 Å². The summed E-state index contributed by atoms with van der Waals surface area (Å²) in [7, 11) is 0. The predicted molar refractivity (Wildman–Crippen MR) is 108 cm³/mol. The average molecular weight is 393 g/mol. The molecule has 5 rings (SSSR count). The van der Waals surface area contributed by atoms with Gasteiger partial charge in [0.05, 0.1) is 38.9 Å². The number of carbonyl (C=O) groups excluding carboxylic acids is 1. The quantitative estimate of drug-likeness (QED) is 0.736. The van der Waals surface area contributed by atoms with Crippen LogP contribution < -0.4 is 14.4 Å². The van der Waals surface area contributed by atoms with E-state index in [0.717, 1.165) is 66.3 Å². The number of nitrogens with zero attached hydrogens (tertiary/aromatic N) is 1. The average Bonchev–Trinajstić information content (AvgIpc) is 3.35. The summed E-state index contributed by atoms with van der Waals surface area (Å²) in [6.45, 7) is 6.75. The molecular weight excluding hydrogens is 368 g/mol. The first kappa shape index (κ1) is 18.1. The van der Waals surface area contributed by atoms with E-state index in [-0.39, 0.29) is 5.91 Å². The van der Waals surface area contributed by atoms with Gasteiger partial charge < -0.3 is 23.7 Å². The minimum Gasteiger partial charge on any atom is -0.464 e. The highest BCUT2D eigenvalue weighted by Crippen LogP contribution is 2.32. The highest BCUT2D eigenvalue weighted by Gasteiger charge is 2.25. The van der Waals surface area contributed by atoms with E-state index in [1.807, 2.05) is 30.0 Å². The van der Waals surface area contributed by atoms with Crippen LogP contribution in [0.4, 0.5) is 0 Å². The lowest BCUT2D eigenvalue weighted by Crippen LogP contribution is -3.13. The highest BCUT2D eigenvalue weighted by molar-refractivity contribution is 5.88. The number of rotatable bonds is 4. The van der Waals surface area contributed by atoms with Crippen LogP contribution in [-0.4, -0.2) is 43.8 Å². The predicted octanol–water partition coefficient (Wildman–Crippen LogP) is 1.94. The third-order valence-corrected chi connectivity index (χ3v) is 5.87. The summed E-state index contributed by atoms with van der Waals surface area (Å²) in [5.41, 5.74) is 4.22. The van der Waals surface area contributed by atoms with Gasteiger partial charge in [0, 0.05) is 16.5 Å². The zero-order valence-electron chi connectivity index (χ0n) is 16.6. The first-order chi connectivity index (χ1) is 14.2. The van der Waals surface area contributed by atoms with E-state index in [9.17, 15) is 4.79 Å². The largest absolute Gasteiger partial charge is 0.464 e. The Hall–Kier alpha value is -2.99. The SMILES string of the molecule is Cc1ccc2c(CC(=O)N3CC[NH+](Cc4ccc5c(c4)OCO5)CC3)coc2c1. The lowest BCUT2D eigenvalue weighted by atomic mass is 10.1. The summed E-state index contributed by atoms with van der Waals surface area (Å²) in [5, 5.41) is 1.04. The van der Waals surface area contributed by atoms with Gasteiger partial charge in [-0.2, -0.15) is 0 Å². The van der Waals surface area contributed by atoms with Crippen molar-refractivity contribution in [1.82, 2.24) is 4.90 Å². The molecule has 1 fully saturated rings. The third-order valence-electron chi connectivity index (χ3n) is 5.87. The van der Waals surface area contributed by atoms with Crippen LogP contribution in [0.25, 0.3) is 11.0 Å². The number of quaternary nitrogens is 1. The fourth-order valence-electron chi connectivity index (χ4n) is 4.19. The molecule has 0 unspecified atom stereocenters. The summed E-state index contributed by atoms with van der Waals surface area (Å²) in [6, 6.07) is 12.3. The Morgan fingerprint density at radius 3 is 2.76 bits per heavy atom. The van der Waals surface area contributed by atoms with Gasteiger partial charge in [-0.15, -0.1) is 0 Å². The van der Waals surface area contributed by atoms with Crippen molar-refractivity contribution in [2.24, 2.45) is 0 Å². The summed E-state index contributed by atoms with van der Waals surface area (Å²) >= 11 is 0. The molecular formula is C23H25N2O4+. The molecule has 0 saturated carbocycles. The van der Waals surface area contributed by atoms with Crippen molar-refractivity contribution in [3.63, 3.8) is 0 Å². The van der Waals surface area contributed by atoms with Gasteiger partial charge in [-0.05, 0) is 36.8 Å². The Kier molecular flexibility index (Phi) is 4.64. The number of hydrogen-bond acceptors (Lipinski definition) is 4. The van der Waals surface area contributed by atoms with E-state index in [0.29, 0.717) is 13.2 Å². The topological polar surface area (TPSA) is 56.4 Å². The number of carbonyl (C=O) groups is 1. The van der Waals surface area contributed by atoms with Crippen LogP contribution in [0.2, 0.25) is 0 Å². The van der Waals surface area contributed by atoms with Crippen molar-refractivity contribution >= 4 is 16.9 Å². The lowest BCUT2D eigenvalue weighted by molar-refractivity contribution is -0.917. The molecule has 6 nitrogen and oxygen atoms in total. The van der Waals surface area contributed by atoms with Crippen LogP contribution in [0.5, 0.6) is 11.5 Å². The summed E-state index contributed by atoms with van der Waals surface area (Å²) in [6.07, 6.45) is 2.12. The van der Waals surface area contributed by atoms with E-state index in [4.69, 9.17) is 13.9 Å². The third kappa shape index (κ3) is 3.68. The standard InChI is InChI=1S/C23H24N2O4/c1-16-2-4-19-18(14-27-21(19)10-16)12-23(26)25-8-6-24(7-9-25)13-17-3-5-20-22(11-17)29-15-28-20/h2-5,10-11,14H,6-9,12-13,15H2,1H3/p+1. The second-order valence-corrected chi connectivity index (χ2v) is 7.93. The Balaban J connectivity index is 1.17. The second-order valence-electron chi connectivity index (χ2n) is 7.93. The van der Waals surface area contributed by atoms with Crippen molar-refractivity contribution in [2.45, 2.75) is 19.9 Å². The maximum atomic E-state index is 12.8. The number of fused-ring (bicyclic) bond motifs is 2. The van der Waals surface area contributed by atoms with Gasteiger partial charge in [-0.25, -0.2) is 0 Å². The molecule has 0 aliphatic carbocycles. The van der Waals surface area contributed by atoms with Crippen molar-refractivity contribution < 1.29 is 23.6 Å². The summed E-state index contributed by atoms with van der Waals surface area (Å²) in [5.74, 6) is 1.83. The maximum Gasteiger partial charge on any atom is 0.231 e. The number of hydrogen-bond donors (Lipinski definition) is 1. The number of aryl methyl sites for hydroxylation is 1. The molecule has 0 bridgehead atoms. The number of benzene rings is 2. The first-order valence-electron chi connectivity index (χ1n) is 10.1. The molecule has 1 saturated heterocycles. The van der Waals surface area contributed by atoms with Gasteiger partial charge in [0.15, 0.2) is 11.5 Å². The first-order valence-corrected chi connectivity index (χ1v) is 10.1. The minimum absolute atomic E-state index is 0.176. The fraction of sp³-hybridized carbons (Fsp3) is 0.348. The Morgan fingerprint density at radius 2 is 1.90 bits per heavy atom. The minimum atomic E-state index is 0.176. The highest BCUT2D eigenvalue weighted by atomic mass is 16.7. The molecule has 2 aromatic carbocycles. The maximum absolute atomic E-state index is 12.8. The summed E-state index contributed by atoms with van der Waals surface area (Å²) in [4.78, 5) is 16.3. The number of amides is 1. The van der Waals surface area contributed by atoms with Crippen molar-refractivity contribution in [1.29, 1.82) is 0 Å². The van der Waals surface area contributed by atoms with Gasteiger partial charge in [0.1, 0.15) is 12.1 Å². The number of furan rings is 1. The van der Waals surface area contributed by atoms with Crippen LogP contribution in [0.1, 0.15) is 16.7 Å². The van der Waals surface area contributed by atoms with Gasteiger partial charge in [0.2, 0.25) is 12.7 Å². The van der Waals surface area contributed by atoms with Gasteiger partial charge >= 0.3 is 0 Å². The van der Waals surface area contributed by atoms with E-state index in [2.05, 4.69) is 18.2 Å². The molecule has 2 aliphatic heterocycles. The Labute approximate surface area is 169 Å². The van der Waals surface area contributed by atoms with E-state index in [1.165, 1.54) is 10.5 Å². The van der Waals surface area contributed by atoms with Gasteiger partial charge in [0.25, 0.3) is 0 Å². The Morgan fingerprint density at radius 1 is 1.07 bits per heavy atom. The van der Waals surface area contributed by atoms with E-state index in [1.54, 1.807) is 6.26 Å². The van der Waals surface area contributed by atoms with Crippen LogP contribution in [0, 0.1) is 6.92 Å². The molecule has 29 heavy (non-hydrogen) atoms. The zero-order valence-corrected chi connectivity index (χ0v) is 16.6. The molecule has 2 aliphatic rings. The monoisotopic (exact) mass is 393 g/mol. The number of nitrogens with one attached hydrogen (secondary N) is 1. The fourth-order valence-corrected chi connectivity index (χ4v) is 4.19. The smallest absolute Gasteiger partial charge is 0.231 e. The van der Waals surface area contributed by atoms with E-state index >= 15 is 0 Å². The van der Waals surface area contributed by atoms with Crippen molar-refractivity contribution in [2.75, 3.05) is 33.0 Å². The second kappa shape index (κ2) is 7.44. The van der Waals surface area contributed by atoms with Crippen molar-refractivity contribution in [3.8, 4) is 11.5 Å². The molecule has 1 N–H and O–H groups in total. The van der Waals surface area contributed by atoms with Crippen LogP contribution in [0.15, 0.2) is 47.1 Å². The van der Waals surface area contributed by atoms with Crippen LogP contribution in [0.3, 0.4) is 0 Å². The molecule has 6 heteroatoms. The summed E-state index contributed by atoms with van der Waals surface area (Å²) < 4.78 is 16.5. The molecule has 0 radical (unpaired) electrons. The number of piperazine rings is 1. The molecule has 0 spiro atoms. The molecule has 1 aromatic heterocycles. The lowest BCUT2D eigenvalue weighted by Gasteiger charge is -2.32.